The molecule has 7 nitrogen and oxygen atoms in total. The number of alkyl halides is 3. The average Bonchev–Trinajstić information content (AvgIpc) is 2.62. The van der Waals surface area contributed by atoms with Crippen LogP contribution in [0.4, 0.5) is 18.0 Å². The molecule has 1 aliphatic heterocycles. The van der Waals surface area contributed by atoms with Gasteiger partial charge in [0.25, 0.3) is 0 Å². The number of hydrogen-bond donors (Lipinski definition) is 2. The predicted molar refractivity (Wildman–Crippen MR) is 96.7 cm³/mol. The second kappa shape index (κ2) is 9.74. The molecule has 0 radical (unpaired) electrons. The van der Waals surface area contributed by atoms with Gasteiger partial charge in [-0.05, 0) is 31.5 Å². The summed E-state index contributed by atoms with van der Waals surface area (Å²) in [4.78, 5) is 27.7. The van der Waals surface area contributed by atoms with Crippen molar-refractivity contribution in [3.8, 4) is 5.75 Å². The SMILES string of the molecule is CCNC(=O)NC(=O)[C@H](C)N1CCN(Cc2ccc(OC(F)(F)F)cc2)CC1. The number of urea groups is 1. The molecule has 0 aromatic heterocycles. The van der Waals surface area contributed by atoms with Crippen molar-refractivity contribution in [2.45, 2.75) is 32.8 Å². The molecule has 1 aliphatic rings. The molecule has 3 amide bonds. The Kier molecular flexibility index (Phi) is 7.64. The first kappa shape index (κ1) is 22.0. The molecule has 156 valence electrons. The van der Waals surface area contributed by atoms with Gasteiger partial charge in [-0.15, -0.1) is 13.2 Å². The first-order valence-corrected chi connectivity index (χ1v) is 9.07. The van der Waals surface area contributed by atoms with Crippen LogP contribution in [0, 0.1) is 0 Å². The molecule has 0 bridgehead atoms. The Bertz CT molecular complexity index is 659. The largest absolute Gasteiger partial charge is 0.573 e. The number of amides is 3. The van der Waals surface area contributed by atoms with E-state index in [1.165, 1.54) is 12.1 Å². The van der Waals surface area contributed by atoms with Gasteiger partial charge >= 0.3 is 12.4 Å². The number of carbonyl (C=O) groups is 2. The summed E-state index contributed by atoms with van der Waals surface area (Å²) in [5, 5.41) is 4.83. The van der Waals surface area contributed by atoms with E-state index >= 15 is 0 Å². The molecule has 1 aromatic carbocycles. The van der Waals surface area contributed by atoms with Crippen LogP contribution in [0.25, 0.3) is 0 Å². The summed E-state index contributed by atoms with van der Waals surface area (Å²) in [5.41, 5.74) is 0.880. The van der Waals surface area contributed by atoms with Crippen LogP contribution in [-0.2, 0) is 11.3 Å². The van der Waals surface area contributed by atoms with E-state index in [4.69, 9.17) is 0 Å². The quantitative estimate of drug-likeness (QED) is 0.761. The van der Waals surface area contributed by atoms with Crippen molar-refractivity contribution in [3.05, 3.63) is 29.8 Å². The molecule has 10 heteroatoms. The lowest BCUT2D eigenvalue weighted by Crippen LogP contribution is -2.55. The topological polar surface area (TPSA) is 73.9 Å². The van der Waals surface area contributed by atoms with E-state index in [0.29, 0.717) is 39.3 Å². The number of nitrogens with zero attached hydrogens (tertiary/aromatic N) is 2. The highest BCUT2D eigenvalue weighted by Gasteiger charge is 2.31. The first-order valence-electron chi connectivity index (χ1n) is 9.07. The van der Waals surface area contributed by atoms with Gasteiger partial charge in [0.15, 0.2) is 0 Å². The molecule has 0 spiro atoms. The minimum Gasteiger partial charge on any atom is -0.406 e. The molecule has 0 aliphatic carbocycles. The predicted octanol–water partition coefficient (Wildman–Crippen LogP) is 1.94. The van der Waals surface area contributed by atoms with Crippen LogP contribution in [-0.4, -0.2) is 66.9 Å². The van der Waals surface area contributed by atoms with Gasteiger partial charge in [0.1, 0.15) is 5.75 Å². The number of nitrogens with one attached hydrogen (secondary N) is 2. The molecule has 2 rings (SSSR count). The number of imide groups is 1. The minimum atomic E-state index is -4.70. The fourth-order valence-corrected chi connectivity index (χ4v) is 2.95. The molecule has 28 heavy (non-hydrogen) atoms. The highest BCUT2D eigenvalue weighted by Crippen LogP contribution is 2.23. The van der Waals surface area contributed by atoms with Crippen LogP contribution in [0.3, 0.4) is 0 Å². The van der Waals surface area contributed by atoms with E-state index in [1.54, 1.807) is 26.0 Å². The van der Waals surface area contributed by atoms with Gasteiger partial charge in [0, 0.05) is 39.3 Å². The normalized spacial score (nSPS) is 17.0. The maximum absolute atomic E-state index is 12.2. The summed E-state index contributed by atoms with van der Waals surface area (Å²) < 4.78 is 40.5. The van der Waals surface area contributed by atoms with Gasteiger partial charge in [-0.1, -0.05) is 12.1 Å². The Morgan fingerprint density at radius 3 is 2.29 bits per heavy atom. The molecule has 0 saturated carbocycles. The zero-order valence-electron chi connectivity index (χ0n) is 15.9. The molecule has 1 atom stereocenters. The van der Waals surface area contributed by atoms with Crippen molar-refractivity contribution in [1.82, 2.24) is 20.4 Å². The first-order chi connectivity index (χ1) is 13.2. The van der Waals surface area contributed by atoms with E-state index in [0.717, 1.165) is 5.56 Å². The number of hydrogen-bond acceptors (Lipinski definition) is 5. The number of benzene rings is 1. The lowest BCUT2D eigenvalue weighted by Gasteiger charge is -2.37. The summed E-state index contributed by atoms with van der Waals surface area (Å²) in [6.45, 7) is 7.28. The van der Waals surface area contributed by atoms with E-state index in [1.807, 2.05) is 4.90 Å². The number of piperazine rings is 1. The summed E-state index contributed by atoms with van der Waals surface area (Å²) in [6, 6.07) is 4.88. The van der Waals surface area contributed by atoms with Crippen LogP contribution >= 0.6 is 0 Å². The summed E-state index contributed by atoms with van der Waals surface area (Å²) in [5.74, 6) is -0.590. The second-order valence-corrected chi connectivity index (χ2v) is 6.53. The lowest BCUT2D eigenvalue weighted by molar-refractivity contribution is -0.274. The monoisotopic (exact) mass is 402 g/mol. The average molecular weight is 402 g/mol. The van der Waals surface area contributed by atoms with Crippen LogP contribution < -0.4 is 15.4 Å². The molecule has 0 unspecified atom stereocenters. The van der Waals surface area contributed by atoms with Gasteiger partial charge in [-0.2, -0.15) is 0 Å². The Morgan fingerprint density at radius 2 is 1.75 bits per heavy atom. The summed E-state index contributed by atoms with van der Waals surface area (Å²) in [7, 11) is 0. The highest BCUT2D eigenvalue weighted by molar-refractivity contribution is 5.96. The van der Waals surface area contributed by atoms with E-state index < -0.39 is 18.4 Å². The number of ether oxygens (including phenoxy) is 1. The molecule has 1 fully saturated rings. The third-order valence-electron chi connectivity index (χ3n) is 4.47. The fraction of sp³-hybridized carbons (Fsp3) is 0.556. The maximum Gasteiger partial charge on any atom is 0.573 e. The maximum atomic E-state index is 12.2. The van der Waals surface area contributed by atoms with Gasteiger partial charge < -0.3 is 10.1 Å². The molecule has 1 saturated heterocycles. The molecular weight excluding hydrogens is 377 g/mol. The van der Waals surface area contributed by atoms with Crippen LogP contribution in [0.15, 0.2) is 24.3 Å². The zero-order chi connectivity index (χ0) is 20.7. The Balaban J connectivity index is 1.79. The van der Waals surface area contributed by atoms with Crippen LogP contribution in [0.5, 0.6) is 5.75 Å². The minimum absolute atomic E-state index is 0.243. The van der Waals surface area contributed by atoms with Crippen molar-refractivity contribution in [3.63, 3.8) is 0 Å². The van der Waals surface area contributed by atoms with Gasteiger partial charge in [-0.3, -0.25) is 19.9 Å². The van der Waals surface area contributed by atoms with Crippen LogP contribution in [0.2, 0.25) is 0 Å². The second-order valence-electron chi connectivity index (χ2n) is 6.53. The van der Waals surface area contributed by atoms with Gasteiger partial charge in [0.05, 0.1) is 6.04 Å². The van der Waals surface area contributed by atoms with Crippen molar-refractivity contribution in [1.29, 1.82) is 0 Å². The lowest BCUT2D eigenvalue weighted by atomic mass is 10.1. The molecule has 1 aromatic rings. The smallest absolute Gasteiger partial charge is 0.406 e. The van der Waals surface area contributed by atoms with Crippen molar-refractivity contribution in [2.24, 2.45) is 0 Å². The van der Waals surface area contributed by atoms with Crippen molar-refractivity contribution >= 4 is 11.9 Å². The molecular formula is C18H25F3N4O3. The zero-order valence-corrected chi connectivity index (χ0v) is 15.9. The van der Waals surface area contributed by atoms with E-state index in [2.05, 4.69) is 20.3 Å². The molecule has 2 N–H and O–H groups in total. The Labute approximate surface area is 161 Å². The van der Waals surface area contributed by atoms with Crippen LogP contribution in [0.1, 0.15) is 19.4 Å². The van der Waals surface area contributed by atoms with Crippen molar-refractivity contribution < 1.29 is 27.5 Å². The van der Waals surface area contributed by atoms with Gasteiger partial charge in [-0.25, -0.2) is 4.79 Å². The number of rotatable bonds is 6. The number of carbonyl (C=O) groups excluding carboxylic acids is 2. The Morgan fingerprint density at radius 1 is 1.14 bits per heavy atom. The van der Waals surface area contributed by atoms with E-state index in [9.17, 15) is 22.8 Å². The fourth-order valence-electron chi connectivity index (χ4n) is 2.95. The summed E-state index contributed by atoms with van der Waals surface area (Å²) in [6.07, 6.45) is -4.70. The Hall–Kier alpha value is -2.33. The third kappa shape index (κ3) is 7.01. The number of halogens is 3. The highest BCUT2D eigenvalue weighted by atomic mass is 19.4. The van der Waals surface area contributed by atoms with E-state index in [-0.39, 0.29) is 11.7 Å². The standard InChI is InChI=1S/C18H25F3N4O3/c1-3-22-17(27)23-16(26)13(2)25-10-8-24(9-11-25)12-14-4-6-15(7-5-14)28-18(19,20)21/h4-7,13H,3,8-12H2,1-2H3,(H2,22,23,26,27)/t13-/m0/s1. The molecule has 1 heterocycles. The van der Waals surface area contributed by atoms with Gasteiger partial charge in [0.2, 0.25) is 5.91 Å². The summed E-state index contributed by atoms with van der Waals surface area (Å²) >= 11 is 0. The van der Waals surface area contributed by atoms with Crippen molar-refractivity contribution in [2.75, 3.05) is 32.7 Å². The third-order valence-corrected chi connectivity index (χ3v) is 4.47.